The fourth-order valence-electron chi connectivity index (χ4n) is 1.88. The molecule has 2 amide bonds. The Labute approximate surface area is 112 Å². The van der Waals surface area contributed by atoms with Crippen LogP contribution in [0.3, 0.4) is 0 Å². The van der Waals surface area contributed by atoms with Gasteiger partial charge in [0.15, 0.2) is 5.69 Å². The van der Waals surface area contributed by atoms with Gasteiger partial charge in [-0.15, -0.1) is 0 Å². The van der Waals surface area contributed by atoms with Crippen molar-refractivity contribution in [1.82, 2.24) is 9.88 Å². The van der Waals surface area contributed by atoms with Crippen LogP contribution in [0.15, 0.2) is 18.3 Å². The molecular weight excluding hydrogens is 246 g/mol. The molecule has 0 fully saturated rings. The molecule has 1 aromatic rings. The number of nitrogens with one attached hydrogen (secondary N) is 1. The molecule has 0 aromatic carbocycles. The number of amides is 2. The van der Waals surface area contributed by atoms with Crippen LogP contribution in [0, 0.1) is 0 Å². The number of aromatic carboxylic acids is 1. The lowest BCUT2D eigenvalue weighted by molar-refractivity contribution is 0.0691. The summed E-state index contributed by atoms with van der Waals surface area (Å²) in [6.07, 6.45) is 3.07. The first-order valence-corrected chi connectivity index (χ1v) is 6.23. The number of carboxylic acids is 1. The van der Waals surface area contributed by atoms with E-state index >= 15 is 0 Å². The van der Waals surface area contributed by atoms with Gasteiger partial charge in [0.2, 0.25) is 0 Å². The Balaban J connectivity index is 2.85. The Hall–Kier alpha value is -2.11. The van der Waals surface area contributed by atoms with E-state index in [4.69, 9.17) is 5.11 Å². The van der Waals surface area contributed by atoms with Crippen molar-refractivity contribution in [3.05, 3.63) is 24.0 Å². The molecule has 2 N–H and O–H groups in total. The van der Waals surface area contributed by atoms with Crippen LogP contribution in [0.2, 0.25) is 0 Å². The summed E-state index contributed by atoms with van der Waals surface area (Å²) in [5.74, 6) is -1.17. The molecule has 0 spiro atoms. The van der Waals surface area contributed by atoms with Gasteiger partial charge in [0.25, 0.3) is 0 Å². The molecule has 1 heterocycles. The number of pyridine rings is 1. The van der Waals surface area contributed by atoms with Gasteiger partial charge in [0.05, 0.1) is 5.69 Å². The first kappa shape index (κ1) is 14.9. The number of hydrogen-bond acceptors (Lipinski definition) is 3. The summed E-state index contributed by atoms with van der Waals surface area (Å²) in [6.45, 7) is 4.01. The van der Waals surface area contributed by atoms with Crippen LogP contribution in [-0.4, -0.2) is 40.1 Å². The average Bonchev–Trinajstić information content (AvgIpc) is 2.40. The summed E-state index contributed by atoms with van der Waals surface area (Å²) in [7, 11) is 1.70. The van der Waals surface area contributed by atoms with Crippen molar-refractivity contribution in [3.8, 4) is 0 Å². The number of carbonyl (C=O) groups excluding carboxylic acids is 1. The van der Waals surface area contributed by atoms with Crippen molar-refractivity contribution in [3.63, 3.8) is 0 Å². The van der Waals surface area contributed by atoms with Crippen molar-refractivity contribution in [2.75, 3.05) is 12.4 Å². The number of carboxylic acid groups (broad SMARTS) is 1. The molecule has 0 unspecified atom stereocenters. The van der Waals surface area contributed by atoms with Gasteiger partial charge in [0.1, 0.15) is 0 Å². The van der Waals surface area contributed by atoms with Crippen molar-refractivity contribution < 1.29 is 14.7 Å². The molecule has 0 saturated heterocycles. The maximum absolute atomic E-state index is 12.0. The van der Waals surface area contributed by atoms with Crippen molar-refractivity contribution in [2.24, 2.45) is 0 Å². The molecule has 0 radical (unpaired) electrons. The third-order valence-corrected chi connectivity index (χ3v) is 3.06. The highest BCUT2D eigenvalue weighted by Gasteiger charge is 2.19. The average molecular weight is 265 g/mol. The van der Waals surface area contributed by atoms with E-state index in [1.807, 2.05) is 13.8 Å². The van der Waals surface area contributed by atoms with E-state index in [2.05, 4.69) is 10.3 Å². The zero-order chi connectivity index (χ0) is 14.4. The Morgan fingerprint density at radius 1 is 1.42 bits per heavy atom. The van der Waals surface area contributed by atoms with Gasteiger partial charge in [-0.3, -0.25) is 0 Å². The summed E-state index contributed by atoms with van der Waals surface area (Å²) >= 11 is 0. The quantitative estimate of drug-likeness (QED) is 0.856. The highest BCUT2D eigenvalue weighted by atomic mass is 16.4. The first-order valence-electron chi connectivity index (χ1n) is 6.23. The van der Waals surface area contributed by atoms with E-state index in [0.29, 0.717) is 0 Å². The number of urea groups is 1. The Morgan fingerprint density at radius 3 is 2.58 bits per heavy atom. The van der Waals surface area contributed by atoms with Crippen LogP contribution in [0.4, 0.5) is 10.5 Å². The maximum Gasteiger partial charge on any atom is 0.356 e. The van der Waals surface area contributed by atoms with Gasteiger partial charge >= 0.3 is 12.0 Å². The van der Waals surface area contributed by atoms with Crippen molar-refractivity contribution in [1.29, 1.82) is 0 Å². The van der Waals surface area contributed by atoms with Gasteiger partial charge in [0, 0.05) is 19.3 Å². The zero-order valence-corrected chi connectivity index (χ0v) is 11.4. The summed E-state index contributed by atoms with van der Waals surface area (Å²) in [4.78, 5) is 28.4. The molecule has 6 nitrogen and oxygen atoms in total. The Morgan fingerprint density at radius 2 is 2.05 bits per heavy atom. The van der Waals surface area contributed by atoms with E-state index in [-0.39, 0.29) is 23.5 Å². The molecule has 0 atom stereocenters. The zero-order valence-electron chi connectivity index (χ0n) is 11.4. The molecule has 1 rings (SSSR count). The highest BCUT2D eigenvalue weighted by Crippen LogP contribution is 2.14. The first-order chi connectivity index (χ1) is 9.01. The van der Waals surface area contributed by atoms with Gasteiger partial charge in [-0.25, -0.2) is 14.6 Å². The standard InChI is InChI=1S/C13H19N3O3/c1-4-9(5-2)16(3)13(19)15-10-7-6-8-14-11(10)12(17)18/h6-9H,4-5H2,1-3H3,(H,15,19)(H,17,18). The number of carbonyl (C=O) groups is 2. The molecule has 0 saturated carbocycles. The number of hydrogen-bond donors (Lipinski definition) is 2. The Kier molecular flexibility index (Phi) is 5.29. The van der Waals surface area contributed by atoms with Gasteiger partial charge < -0.3 is 15.3 Å². The molecule has 104 valence electrons. The minimum absolute atomic E-state index is 0.130. The summed E-state index contributed by atoms with van der Waals surface area (Å²) < 4.78 is 0. The molecule has 0 bridgehead atoms. The van der Waals surface area contributed by atoms with Crippen molar-refractivity contribution >= 4 is 17.7 Å². The number of rotatable bonds is 5. The third kappa shape index (κ3) is 3.67. The lowest BCUT2D eigenvalue weighted by atomic mass is 10.1. The number of anilines is 1. The topological polar surface area (TPSA) is 82.5 Å². The van der Waals surface area contributed by atoms with Crippen molar-refractivity contribution in [2.45, 2.75) is 32.7 Å². The Bertz CT molecular complexity index is 458. The molecule has 6 heteroatoms. The maximum atomic E-state index is 12.0. The van der Waals surface area contributed by atoms with Gasteiger partial charge in [-0.1, -0.05) is 13.8 Å². The minimum atomic E-state index is -1.17. The van der Waals surface area contributed by atoms with Gasteiger partial charge in [-0.05, 0) is 25.0 Å². The van der Waals surface area contributed by atoms with E-state index in [1.165, 1.54) is 12.3 Å². The minimum Gasteiger partial charge on any atom is -0.476 e. The fraction of sp³-hybridized carbons (Fsp3) is 0.462. The van der Waals surface area contributed by atoms with Crippen LogP contribution in [-0.2, 0) is 0 Å². The summed E-state index contributed by atoms with van der Waals surface area (Å²) in [6, 6.07) is 2.91. The second kappa shape index (κ2) is 6.72. The van der Waals surface area contributed by atoms with E-state index in [0.717, 1.165) is 12.8 Å². The second-order valence-corrected chi connectivity index (χ2v) is 4.22. The molecule has 0 aliphatic heterocycles. The monoisotopic (exact) mass is 265 g/mol. The SMILES string of the molecule is CCC(CC)N(C)C(=O)Nc1cccnc1C(=O)O. The molecule has 0 aliphatic rings. The smallest absolute Gasteiger partial charge is 0.356 e. The number of aromatic nitrogens is 1. The fourth-order valence-corrected chi connectivity index (χ4v) is 1.88. The normalized spacial score (nSPS) is 10.3. The molecule has 1 aromatic heterocycles. The second-order valence-electron chi connectivity index (χ2n) is 4.22. The molecule has 19 heavy (non-hydrogen) atoms. The summed E-state index contributed by atoms with van der Waals surface area (Å²) in [5.41, 5.74) is 0.0478. The van der Waals surface area contributed by atoms with E-state index < -0.39 is 5.97 Å². The third-order valence-electron chi connectivity index (χ3n) is 3.06. The van der Waals surface area contributed by atoms with Gasteiger partial charge in [-0.2, -0.15) is 0 Å². The van der Waals surface area contributed by atoms with Crippen LogP contribution < -0.4 is 5.32 Å². The van der Waals surface area contributed by atoms with E-state index in [1.54, 1.807) is 18.0 Å². The predicted octanol–water partition coefficient (Wildman–Crippen LogP) is 2.43. The molecular formula is C13H19N3O3. The predicted molar refractivity (Wildman–Crippen MR) is 72.3 cm³/mol. The van der Waals surface area contributed by atoms with Crippen LogP contribution >= 0.6 is 0 Å². The summed E-state index contributed by atoms with van der Waals surface area (Å²) in [5, 5.41) is 11.6. The largest absolute Gasteiger partial charge is 0.476 e. The lowest BCUT2D eigenvalue weighted by Crippen LogP contribution is -2.39. The van der Waals surface area contributed by atoms with Crippen LogP contribution in [0.5, 0.6) is 0 Å². The van der Waals surface area contributed by atoms with Crippen LogP contribution in [0.1, 0.15) is 37.2 Å². The highest BCUT2D eigenvalue weighted by molar-refractivity contribution is 5.98. The van der Waals surface area contributed by atoms with E-state index in [9.17, 15) is 9.59 Å². The lowest BCUT2D eigenvalue weighted by Gasteiger charge is -2.26. The van der Waals surface area contributed by atoms with Crippen LogP contribution in [0.25, 0.3) is 0 Å². The number of nitrogens with zero attached hydrogens (tertiary/aromatic N) is 2. The molecule has 0 aliphatic carbocycles.